The topological polar surface area (TPSA) is 59.2 Å². The average molecular weight is 422 g/mol. The zero-order chi connectivity index (χ0) is 19.6. The Labute approximate surface area is 176 Å². The van der Waals surface area contributed by atoms with Crippen molar-refractivity contribution >= 4 is 28.6 Å². The predicted octanol–water partition coefficient (Wildman–Crippen LogP) is 5.55. The Balaban J connectivity index is 1.50. The van der Waals surface area contributed by atoms with Gasteiger partial charge in [-0.25, -0.2) is 9.97 Å². The van der Waals surface area contributed by atoms with Gasteiger partial charge in [-0.15, -0.1) is 22.7 Å². The lowest BCUT2D eigenvalue weighted by atomic mass is 9.98. The van der Waals surface area contributed by atoms with Gasteiger partial charge in [0.2, 0.25) is 0 Å². The molecule has 1 amide bonds. The minimum absolute atomic E-state index is 0.0421. The van der Waals surface area contributed by atoms with Crippen LogP contribution in [0.1, 0.15) is 33.4 Å². The molecule has 5 nitrogen and oxygen atoms in total. The molecule has 1 atom stereocenters. The fourth-order valence-electron chi connectivity index (χ4n) is 3.71. The van der Waals surface area contributed by atoms with Crippen LogP contribution in [0.2, 0.25) is 0 Å². The van der Waals surface area contributed by atoms with Crippen LogP contribution in [0.4, 0.5) is 0 Å². The zero-order valence-electron chi connectivity index (χ0n) is 15.7. The molecule has 0 saturated carbocycles. The fourth-order valence-corrected chi connectivity index (χ4v) is 5.50. The van der Waals surface area contributed by atoms with Crippen molar-refractivity contribution in [3.05, 3.63) is 70.2 Å². The van der Waals surface area contributed by atoms with E-state index in [1.807, 2.05) is 58.9 Å². The maximum atomic E-state index is 13.5. The van der Waals surface area contributed by atoms with Crippen LogP contribution < -0.4 is 0 Å². The van der Waals surface area contributed by atoms with Crippen LogP contribution in [0.5, 0.6) is 0 Å². The molecule has 146 valence electrons. The number of hydrogen-bond acceptors (Lipinski definition) is 6. The first-order valence-electron chi connectivity index (χ1n) is 9.58. The monoisotopic (exact) mass is 421 g/mol. The summed E-state index contributed by atoms with van der Waals surface area (Å²) in [5, 5.41) is 3.85. The van der Waals surface area contributed by atoms with Crippen LogP contribution >= 0.6 is 22.7 Å². The molecule has 0 spiro atoms. The van der Waals surface area contributed by atoms with Gasteiger partial charge >= 0.3 is 0 Å². The Hall–Kier alpha value is -2.77. The second kappa shape index (κ2) is 7.93. The second-order valence-corrected chi connectivity index (χ2v) is 8.93. The summed E-state index contributed by atoms with van der Waals surface area (Å²) in [7, 11) is 0. The molecule has 0 aliphatic carbocycles. The third-order valence-corrected chi connectivity index (χ3v) is 7.11. The number of amides is 1. The molecule has 1 aliphatic heterocycles. The highest BCUT2D eigenvalue weighted by Gasteiger charge is 2.30. The largest absolute Gasteiger partial charge is 0.462 e. The highest BCUT2D eigenvalue weighted by molar-refractivity contribution is 7.17. The lowest BCUT2D eigenvalue weighted by molar-refractivity contribution is 0.0712. The number of carbonyl (C=O) groups is 1. The van der Waals surface area contributed by atoms with Gasteiger partial charge in [-0.3, -0.25) is 4.79 Å². The number of nitrogens with zero attached hydrogens (tertiary/aromatic N) is 3. The van der Waals surface area contributed by atoms with Crippen molar-refractivity contribution in [2.75, 3.05) is 13.1 Å². The molecule has 1 aromatic carbocycles. The first kappa shape index (κ1) is 18.3. The minimum atomic E-state index is 0.0421. The molecule has 29 heavy (non-hydrogen) atoms. The number of thiazole rings is 2. The highest BCUT2D eigenvalue weighted by atomic mass is 32.1. The minimum Gasteiger partial charge on any atom is -0.462 e. The van der Waals surface area contributed by atoms with Crippen LogP contribution in [-0.4, -0.2) is 33.9 Å². The molecule has 4 aromatic rings. The first-order valence-corrected chi connectivity index (χ1v) is 11.3. The van der Waals surface area contributed by atoms with Crippen LogP contribution in [0.15, 0.2) is 64.7 Å². The van der Waals surface area contributed by atoms with Crippen molar-refractivity contribution in [3.8, 4) is 22.0 Å². The van der Waals surface area contributed by atoms with Crippen molar-refractivity contribution in [1.82, 2.24) is 14.9 Å². The summed E-state index contributed by atoms with van der Waals surface area (Å²) in [5.41, 5.74) is 1.67. The van der Waals surface area contributed by atoms with E-state index in [9.17, 15) is 4.79 Å². The van der Waals surface area contributed by atoms with Gasteiger partial charge in [-0.1, -0.05) is 30.3 Å². The molecule has 1 aliphatic rings. The lowest BCUT2D eigenvalue weighted by Crippen LogP contribution is -2.39. The van der Waals surface area contributed by atoms with E-state index in [0.29, 0.717) is 23.1 Å². The van der Waals surface area contributed by atoms with E-state index in [4.69, 9.17) is 9.40 Å². The summed E-state index contributed by atoms with van der Waals surface area (Å²) in [5.74, 6) is 1.04. The fraction of sp³-hybridized carbons (Fsp3) is 0.227. The van der Waals surface area contributed by atoms with E-state index >= 15 is 0 Å². The molecule has 0 radical (unpaired) electrons. The summed E-state index contributed by atoms with van der Waals surface area (Å²) in [4.78, 5) is 25.4. The summed E-state index contributed by atoms with van der Waals surface area (Å²) in [6, 6.07) is 13.6. The van der Waals surface area contributed by atoms with Gasteiger partial charge in [-0.2, -0.15) is 0 Å². The van der Waals surface area contributed by atoms with Gasteiger partial charge in [-0.05, 0) is 25.0 Å². The molecule has 0 bridgehead atoms. The highest BCUT2D eigenvalue weighted by Crippen LogP contribution is 2.36. The van der Waals surface area contributed by atoms with E-state index in [2.05, 4.69) is 4.98 Å². The Kier molecular flexibility index (Phi) is 4.99. The number of hydrogen-bond donors (Lipinski definition) is 0. The number of carbonyl (C=O) groups excluding carboxylic acids is 1. The number of benzene rings is 1. The Bertz CT molecular complexity index is 1090. The van der Waals surface area contributed by atoms with Crippen molar-refractivity contribution in [3.63, 3.8) is 0 Å². The molecular weight excluding hydrogens is 402 g/mol. The number of likely N-dealkylation sites (tertiary alicyclic amines) is 1. The smallest absolute Gasteiger partial charge is 0.266 e. The Morgan fingerprint density at radius 2 is 2.07 bits per heavy atom. The summed E-state index contributed by atoms with van der Waals surface area (Å²) in [6.45, 7) is 1.47. The first-order chi connectivity index (χ1) is 14.3. The molecule has 4 heterocycles. The second-order valence-electron chi connectivity index (χ2n) is 7.00. The predicted molar refractivity (Wildman–Crippen MR) is 115 cm³/mol. The van der Waals surface area contributed by atoms with Crippen LogP contribution in [0, 0.1) is 0 Å². The maximum Gasteiger partial charge on any atom is 0.266 e. The molecule has 3 aromatic heterocycles. The van der Waals surface area contributed by atoms with Gasteiger partial charge in [0.25, 0.3) is 5.91 Å². The van der Waals surface area contributed by atoms with Crippen molar-refractivity contribution in [2.24, 2.45) is 0 Å². The third-order valence-electron chi connectivity index (χ3n) is 5.11. The number of furan rings is 1. The van der Waals surface area contributed by atoms with Crippen LogP contribution in [0.25, 0.3) is 22.0 Å². The molecule has 0 N–H and O–H groups in total. The van der Waals surface area contributed by atoms with Crippen molar-refractivity contribution < 1.29 is 9.21 Å². The van der Waals surface area contributed by atoms with Crippen LogP contribution in [0.3, 0.4) is 0 Å². The van der Waals surface area contributed by atoms with Gasteiger partial charge in [0.1, 0.15) is 4.88 Å². The van der Waals surface area contributed by atoms with Gasteiger partial charge in [0.05, 0.1) is 17.0 Å². The average Bonchev–Trinajstić information content (AvgIpc) is 3.55. The van der Waals surface area contributed by atoms with Crippen molar-refractivity contribution in [1.29, 1.82) is 0 Å². The number of rotatable bonds is 4. The Morgan fingerprint density at radius 3 is 2.83 bits per heavy atom. The van der Waals surface area contributed by atoms with Gasteiger partial charge < -0.3 is 9.32 Å². The van der Waals surface area contributed by atoms with Crippen LogP contribution in [-0.2, 0) is 0 Å². The molecule has 1 unspecified atom stereocenters. The quantitative estimate of drug-likeness (QED) is 0.434. The summed E-state index contributed by atoms with van der Waals surface area (Å²) < 4.78 is 5.53. The normalized spacial score (nSPS) is 16.8. The molecule has 1 fully saturated rings. The number of piperidine rings is 1. The molecule has 5 rings (SSSR count). The van der Waals surface area contributed by atoms with E-state index in [1.165, 1.54) is 11.3 Å². The number of aromatic nitrogens is 2. The SMILES string of the molecule is O=C(c1sc(-c2ccco2)nc1-c1ccccc1)N1CCCC(c2nccs2)C1. The van der Waals surface area contributed by atoms with E-state index in [-0.39, 0.29) is 5.91 Å². The molecule has 1 saturated heterocycles. The van der Waals surface area contributed by atoms with Crippen molar-refractivity contribution in [2.45, 2.75) is 18.8 Å². The molecular formula is C22H19N3O2S2. The van der Waals surface area contributed by atoms with Gasteiger partial charge in [0, 0.05) is 36.1 Å². The Morgan fingerprint density at radius 1 is 1.17 bits per heavy atom. The third kappa shape index (κ3) is 3.63. The van der Waals surface area contributed by atoms with Gasteiger partial charge in [0.15, 0.2) is 10.8 Å². The van der Waals surface area contributed by atoms with E-state index < -0.39 is 0 Å². The summed E-state index contributed by atoms with van der Waals surface area (Å²) in [6.07, 6.45) is 5.53. The van der Waals surface area contributed by atoms with E-state index in [1.54, 1.807) is 17.6 Å². The summed E-state index contributed by atoms with van der Waals surface area (Å²) >= 11 is 3.07. The standard InChI is InChI=1S/C22H19N3O2S2/c26-22(25-11-4-8-16(14-25)20-23-10-13-28-20)19-18(15-6-2-1-3-7-15)24-21(29-19)17-9-5-12-27-17/h1-3,5-7,9-10,12-13,16H,4,8,11,14H2. The molecule has 7 heteroatoms. The van der Waals surface area contributed by atoms with E-state index in [0.717, 1.165) is 40.7 Å². The maximum absolute atomic E-state index is 13.5. The lowest BCUT2D eigenvalue weighted by Gasteiger charge is -2.31. The zero-order valence-corrected chi connectivity index (χ0v) is 17.3.